The Kier molecular flexibility index (Phi) is 3.15. The first-order valence-corrected chi connectivity index (χ1v) is 4.20. The molecule has 0 spiro atoms. The van der Waals surface area contributed by atoms with Gasteiger partial charge in [0.05, 0.1) is 11.6 Å². The van der Waals surface area contributed by atoms with Gasteiger partial charge in [0.1, 0.15) is 0 Å². The molecule has 0 aliphatic carbocycles. The quantitative estimate of drug-likeness (QED) is 0.651. The van der Waals surface area contributed by atoms with Crippen molar-refractivity contribution in [2.75, 3.05) is 0 Å². The fourth-order valence-corrected chi connectivity index (χ4v) is 1.27. The average Bonchev–Trinajstić information content (AvgIpc) is 2.14. The average molecular weight is 211 g/mol. The van der Waals surface area contributed by atoms with Crippen LogP contribution in [0.2, 0.25) is 0 Å². The maximum absolute atomic E-state index is 12.5. The highest BCUT2D eigenvalue weighted by Gasteiger charge is 2.32. The summed E-state index contributed by atoms with van der Waals surface area (Å²) in [5.74, 6) is 0. The van der Waals surface area contributed by atoms with Crippen molar-refractivity contribution < 1.29 is 13.2 Å². The lowest BCUT2D eigenvalue weighted by Gasteiger charge is -2.11. The maximum Gasteiger partial charge on any atom is 0.416 e. The van der Waals surface area contributed by atoms with Crippen LogP contribution in [0.15, 0.2) is 24.3 Å². The lowest BCUT2D eigenvalue weighted by atomic mass is 10.0. The molecule has 0 heterocycles. The van der Waals surface area contributed by atoms with Crippen molar-refractivity contribution in [2.45, 2.75) is 13.1 Å². The van der Waals surface area contributed by atoms with Crippen LogP contribution in [0, 0.1) is 18.3 Å². The first kappa shape index (κ1) is 11.3. The van der Waals surface area contributed by atoms with Gasteiger partial charge in [0.25, 0.3) is 0 Å². The van der Waals surface area contributed by atoms with Crippen molar-refractivity contribution in [3.05, 3.63) is 41.0 Å². The molecule has 0 aliphatic heterocycles. The van der Waals surface area contributed by atoms with E-state index in [1.165, 1.54) is 19.1 Å². The molecule has 0 aliphatic rings. The van der Waals surface area contributed by atoms with E-state index < -0.39 is 11.7 Å². The van der Waals surface area contributed by atoms with Crippen molar-refractivity contribution in [1.29, 1.82) is 5.26 Å². The van der Waals surface area contributed by atoms with E-state index in [1.54, 1.807) is 12.1 Å². The van der Waals surface area contributed by atoms with Crippen LogP contribution in [0.4, 0.5) is 13.2 Å². The Bertz CT molecular complexity index is 424. The first-order chi connectivity index (χ1) is 6.96. The second-order valence-corrected chi connectivity index (χ2v) is 2.98. The smallest absolute Gasteiger partial charge is 0.193 e. The molecular formula is C11H8F3N. The summed E-state index contributed by atoms with van der Waals surface area (Å²) < 4.78 is 37.4. The Balaban J connectivity index is 3.25. The van der Waals surface area contributed by atoms with Gasteiger partial charge in [-0.3, -0.25) is 0 Å². The summed E-state index contributed by atoms with van der Waals surface area (Å²) in [7, 11) is 0. The summed E-state index contributed by atoms with van der Waals surface area (Å²) in [5.41, 5.74) is -0.120. The zero-order valence-electron chi connectivity index (χ0n) is 7.97. The molecule has 0 saturated heterocycles. The van der Waals surface area contributed by atoms with E-state index in [0.29, 0.717) is 5.56 Å². The van der Waals surface area contributed by atoms with Gasteiger partial charge in [-0.2, -0.15) is 18.4 Å². The molecule has 15 heavy (non-hydrogen) atoms. The molecule has 0 aromatic heterocycles. The number of allylic oxidation sites excluding steroid dienone is 1. The second kappa shape index (κ2) is 4.18. The van der Waals surface area contributed by atoms with Gasteiger partial charge in [-0.1, -0.05) is 12.1 Å². The molecule has 0 fully saturated rings. The molecule has 1 aromatic carbocycles. The van der Waals surface area contributed by atoms with E-state index in [4.69, 9.17) is 5.26 Å². The third-order valence-electron chi connectivity index (χ3n) is 2.02. The normalized spacial score (nSPS) is 11.7. The van der Waals surface area contributed by atoms with E-state index in [9.17, 15) is 13.2 Å². The number of nitriles is 1. The van der Waals surface area contributed by atoms with Crippen LogP contribution >= 0.6 is 0 Å². The number of nitrogens with zero attached hydrogens (tertiary/aromatic N) is 1. The Hall–Kier alpha value is -1.76. The molecule has 0 saturated carbocycles. The number of hydrogen-bond acceptors (Lipinski definition) is 1. The number of rotatable bonds is 1. The van der Waals surface area contributed by atoms with Gasteiger partial charge in [0, 0.05) is 6.08 Å². The minimum absolute atomic E-state index is 0.136. The fourth-order valence-electron chi connectivity index (χ4n) is 1.27. The fraction of sp³-hybridized carbons (Fsp3) is 0.182. The maximum atomic E-state index is 12.5. The van der Waals surface area contributed by atoms with Crippen LogP contribution in [0.25, 0.3) is 6.08 Å². The molecule has 78 valence electrons. The highest BCUT2D eigenvalue weighted by molar-refractivity contribution is 5.57. The van der Waals surface area contributed by atoms with Gasteiger partial charge in [0.2, 0.25) is 0 Å². The summed E-state index contributed by atoms with van der Waals surface area (Å²) >= 11 is 0. The Morgan fingerprint density at radius 1 is 1.33 bits per heavy atom. The van der Waals surface area contributed by atoms with E-state index in [0.717, 1.165) is 12.1 Å². The van der Waals surface area contributed by atoms with Crippen molar-refractivity contribution in [1.82, 2.24) is 0 Å². The zero-order chi connectivity index (χ0) is 11.5. The van der Waals surface area contributed by atoms with Crippen molar-refractivity contribution in [3.8, 4) is 6.07 Å². The molecule has 0 amide bonds. The zero-order valence-corrected chi connectivity index (χ0v) is 7.97. The van der Waals surface area contributed by atoms with Crippen LogP contribution in [-0.2, 0) is 6.18 Å². The van der Waals surface area contributed by atoms with Crippen LogP contribution < -0.4 is 0 Å². The molecule has 0 radical (unpaired) electrons. The first-order valence-electron chi connectivity index (χ1n) is 4.20. The monoisotopic (exact) mass is 211 g/mol. The lowest BCUT2D eigenvalue weighted by Crippen LogP contribution is -2.07. The Labute approximate surface area is 85.5 Å². The molecule has 0 unspecified atom stereocenters. The van der Waals surface area contributed by atoms with E-state index in [2.05, 4.69) is 0 Å². The number of benzene rings is 1. The van der Waals surface area contributed by atoms with Gasteiger partial charge >= 0.3 is 6.18 Å². The van der Waals surface area contributed by atoms with Gasteiger partial charge < -0.3 is 0 Å². The molecule has 1 rings (SSSR count). The molecule has 4 heteroatoms. The highest BCUT2D eigenvalue weighted by Crippen LogP contribution is 2.33. The summed E-state index contributed by atoms with van der Waals surface area (Å²) in [6.45, 7) is 1.39. The van der Waals surface area contributed by atoms with E-state index >= 15 is 0 Å². The molecule has 0 atom stereocenters. The summed E-state index contributed by atoms with van der Waals surface area (Å²) in [4.78, 5) is 0. The highest BCUT2D eigenvalue weighted by atomic mass is 19.4. The van der Waals surface area contributed by atoms with Gasteiger partial charge in [-0.05, 0) is 30.2 Å². The van der Waals surface area contributed by atoms with Crippen molar-refractivity contribution in [3.63, 3.8) is 0 Å². The second-order valence-electron chi connectivity index (χ2n) is 2.98. The van der Waals surface area contributed by atoms with Crippen LogP contribution in [0.5, 0.6) is 0 Å². The van der Waals surface area contributed by atoms with Crippen molar-refractivity contribution in [2.24, 2.45) is 0 Å². The van der Waals surface area contributed by atoms with Crippen LogP contribution in [0.1, 0.15) is 16.7 Å². The van der Waals surface area contributed by atoms with Gasteiger partial charge in [-0.15, -0.1) is 0 Å². The topological polar surface area (TPSA) is 23.8 Å². The third kappa shape index (κ3) is 2.59. The number of hydrogen-bond donors (Lipinski definition) is 0. The van der Waals surface area contributed by atoms with Gasteiger partial charge in [0.15, 0.2) is 0 Å². The Morgan fingerprint density at radius 3 is 2.53 bits per heavy atom. The largest absolute Gasteiger partial charge is 0.416 e. The van der Waals surface area contributed by atoms with Crippen molar-refractivity contribution >= 4 is 6.08 Å². The number of alkyl halides is 3. The predicted molar refractivity (Wildman–Crippen MR) is 50.8 cm³/mol. The SMILES string of the molecule is Cc1c(/C=C/C#N)cccc1C(F)(F)F. The molecule has 1 aromatic rings. The lowest BCUT2D eigenvalue weighted by molar-refractivity contribution is -0.138. The Morgan fingerprint density at radius 2 is 2.00 bits per heavy atom. The van der Waals surface area contributed by atoms with Crippen LogP contribution in [0.3, 0.4) is 0 Å². The summed E-state index contributed by atoms with van der Waals surface area (Å²) in [6, 6.07) is 5.63. The predicted octanol–water partition coefficient (Wildman–Crippen LogP) is 3.55. The molecule has 1 nitrogen and oxygen atoms in total. The molecule has 0 N–H and O–H groups in total. The van der Waals surface area contributed by atoms with Gasteiger partial charge in [-0.25, -0.2) is 0 Å². The summed E-state index contributed by atoms with van der Waals surface area (Å²) in [5, 5.41) is 8.29. The standard InChI is InChI=1S/C11H8F3N/c1-8-9(5-3-7-15)4-2-6-10(8)11(12,13)14/h2-6H,1H3/b5-3+. The van der Waals surface area contributed by atoms with Crippen LogP contribution in [-0.4, -0.2) is 0 Å². The molecule has 0 bridgehead atoms. The molecular weight excluding hydrogens is 203 g/mol. The minimum atomic E-state index is -4.35. The summed E-state index contributed by atoms with van der Waals surface area (Å²) in [6.07, 6.45) is -1.83. The third-order valence-corrected chi connectivity index (χ3v) is 2.02. The van der Waals surface area contributed by atoms with E-state index in [-0.39, 0.29) is 5.56 Å². The minimum Gasteiger partial charge on any atom is -0.193 e. The number of halogens is 3. The van der Waals surface area contributed by atoms with E-state index in [1.807, 2.05) is 0 Å².